The molecule has 3 rings (SSSR count). The SMILES string of the molecule is CN(C)Cc1ccccc1CN(C)C(=O)C1CCc2ccccc2O1. The van der Waals surface area contributed by atoms with E-state index < -0.39 is 0 Å². The summed E-state index contributed by atoms with van der Waals surface area (Å²) in [5, 5.41) is 0. The van der Waals surface area contributed by atoms with Crippen LogP contribution in [-0.4, -0.2) is 43.0 Å². The maximum atomic E-state index is 12.8. The van der Waals surface area contributed by atoms with Crippen molar-refractivity contribution in [2.24, 2.45) is 0 Å². The van der Waals surface area contributed by atoms with Gasteiger partial charge in [0.25, 0.3) is 5.91 Å². The lowest BCUT2D eigenvalue weighted by Crippen LogP contribution is -2.41. The third-order valence-corrected chi connectivity index (χ3v) is 4.58. The first-order valence-corrected chi connectivity index (χ1v) is 8.75. The molecule has 0 aromatic heterocycles. The molecule has 4 nitrogen and oxygen atoms in total. The molecule has 1 unspecified atom stereocenters. The van der Waals surface area contributed by atoms with Gasteiger partial charge in [-0.05, 0) is 49.7 Å². The summed E-state index contributed by atoms with van der Waals surface area (Å²) in [4.78, 5) is 16.8. The van der Waals surface area contributed by atoms with Crippen LogP contribution in [0.5, 0.6) is 5.75 Å². The highest BCUT2D eigenvalue weighted by atomic mass is 16.5. The lowest BCUT2D eigenvalue weighted by atomic mass is 10.0. The summed E-state index contributed by atoms with van der Waals surface area (Å²) >= 11 is 0. The first-order chi connectivity index (χ1) is 12.0. The maximum absolute atomic E-state index is 12.8. The number of nitrogens with zero attached hydrogens (tertiary/aromatic N) is 2. The number of amides is 1. The topological polar surface area (TPSA) is 32.8 Å². The van der Waals surface area contributed by atoms with Gasteiger partial charge in [-0.2, -0.15) is 0 Å². The Kier molecular flexibility index (Phi) is 5.39. The second kappa shape index (κ2) is 7.70. The minimum absolute atomic E-state index is 0.0501. The van der Waals surface area contributed by atoms with Crippen molar-refractivity contribution in [2.45, 2.75) is 32.0 Å². The molecule has 0 bridgehead atoms. The van der Waals surface area contributed by atoms with Crippen LogP contribution in [0.1, 0.15) is 23.1 Å². The molecule has 0 saturated heterocycles. The van der Waals surface area contributed by atoms with E-state index in [1.165, 1.54) is 16.7 Å². The van der Waals surface area contributed by atoms with Gasteiger partial charge < -0.3 is 14.5 Å². The van der Waals surface area contributed by atoms with E-state index in [0.717, 1.165) is 25.1 Å². The Hall–Kier alpha value is -2.33. The highest BCUT2D eigenvalue weighted by Crippen LogP contribution is 2.28. The van der Waals surface area contributed by atoms with Crippen molar-refractivity contribution in [1.82, 2.24) is 9.80 Å². The summed E-state index contributed by atoms with van der Waals surface area (Å²) in [7, 11) is 5.97. The highest BCUT2D eigenvalue weighted by molar-refractivity contribution is 5.81. The predicted octanol–water partition coefficient (Wildman–Crippen LogP) is 3.10. The first kappa shape index (κ1) is 17.5. The van der Waals surface area contributed by atoms with Crippen molar-refractivity contribution in [3.63, 3.8) is 0 Å². The summed E-state index contributed by atoms with van der Waals surface area (Å²) in [5.74, 6) is 0.891. The lowest BCUT2D eigenvalue weighted by molar-refractivity contribution is -0.138. The van der Waals surface area contributed by atoms with Crippen LogP contribution in [0.3, 0.4) is 0 Å². The van der Waals surface area contributed by atoms with Crippen molar-refractivity contribution < 1.29 is 9.53 Å². The van der Waals surface area contributed by atoms with Crippen LogP contribution in [0.4, 0.5) is 0 Å². The average molecular weight is 338 g/mol. The number of ether oxygens (including phenoxy) is 1. The molecule has 1 amide bonds. The van der Waals surface area contributed by atoms with E-state index in [-0.39, 0.29) is 12.0 Å². The van der Waals surface area contributed by atoms with Crippen LogP contribution in [0.25, 0.3) is 0 Å². The summed E-state index contributed by atoms with van der Waals surface area (Å²) in [6, 6.07) is 16.3. The van der Waals surface area contributed by atoms with Gasteiger partial charge >= 0.3 is 0 Å². The fraction of sp³-hybridized carbons (Fsp3) is 0.381. The van der Waals surface area contributed by atoms with Gasteiger partial charge in [0.15, 0.2) is 6.10 Å². The van der Waals surface area contributed by atoms with Crippen LogP contribution in [-0.2, 0) is 24.3 Å². The molecule has 0 radical (unpaired) electrons. The van der Waals surface area contributed by atoms with Gasteiger partial charge in [0.1, 0.15) is 5.75 Å². The van der Waals surface area contributed by atoms with E-state index >= 15 is 0 Å². The van der Waals surface area contributed by atoms with Crippen LogP contribution in [0, 0.1) is 0 Å². The number of carbonyl (C=O) groups is 1. The van der Waals surface area contributed by atoms with Gasteiger partial charge in [-0.1, -0.05) is 42.5 Å². The Morgan fingerprint density at radius 2 is 1.64 bits per heavy atom. The second-order valence-electron chi connectivity index (χ2n) is 6.95. The molecule has 1 atom stereocenters. The molecule has 1 aliphatic heterocycles. The van der Waals surface area contributed by atoms with E-state index in [0.29, 0.717) is 6.54 Å². The van der Waals surface area contributed by atoms with Crippen molar-refractivity contribution in [3.8, 4) is 5.75 Å². The predicted molar refractivity (Wildman–Crippen MR) is 99.5 cm³/mol. The van der Waals surface area contributed by atoms with Crippen LogP contribution >= 0.6 is 0 Å². The summed E-state index contributed by atoms with van der Waals surface area (Å²) < 4.78 is 5.95. The molecule has 1 heterocycles. The number of hydrogen-bond acceptors (Lipinski definition) is 3. The molecular weight excluding hydrogens is 312 g/mol. The number of carbonyl (C=O) groups excluding carboxylic acids is 1. The number of fused-ring (bicyclic) bond motifs is 1. The number of para-hydroxylation sites is 1. The van der Waals surface area contributed by atoms with Gasteiger partial charge in [-0.3, -0.25) is 4.79 Å². The van der Waals surface area contributed by atoms with E-state index in [4.69, 9.17) is 4.74 Å². The first-order valence-electron chi connectivity index (χ1n) is 8.75. The number of likely N-dealkylation sites (N-methyl/N-ethyl adjacent to an activating group) is 1. The van der Waals surface area contributed by atoms with Crippen molar-refractivity contribution in [2.75, 3.05) is 21.1 Å². The second-order valence-corrected chi connectivity index (χ2v) is 6.95. The summed E-state index contributed by atoms with van der Waals surface area (Å²) in [6.45, 7) is 1.47. The quantitative estimate of drug-likeness (QED) is 0.840. The molecule has 0 aliphatic carbocycles. The van der Waals surface area contributed by atoms with Gasteiger partial charge in [0.2, 0.25) is 0 Å². The van der Waals surface area contributed by atoms with E-state index in [1.54, 1.807) is 4.90 Å². The Balaban J connectivity index is 1.68. The normalized spacial score (nSPS) is 16.2. The molecule has 1 aliphatic rings. The number of hydrogen-bond donors (Lipinski definition) is 0. The fourth-order valence-electron chi connectivity index (χ4n) is 3.28. The monoisotopic (exact) mass is 338 g/mol. The molecule has 4 heteroatoms. The highest BCUT2D eigenvalue weighted by Gasteiger charge is 2.28. The maximum Gasteiger partial charge on any atom is 0.263 e. The molecule has 0 fully saturated rings. The largest absolute Gasteiger partial charge is 0.480 e. The molecule has 0 spiro atoms. The van der Waals surface area contributed by atoms with Gasteiger partial charge in [-0.15, -0.1) is 0 Å². The Labute approximate surface area is 150 Å². The van der Waals surface area contributed by atoms with Crippen molar-refractivity contribution >= 4 is 5.91 Å². The lowest BCUT2D eigenvalue weighted by Gasteiger charge is -2.29. The average Bonchev–Trinajstić information content (AvgIpc) is 2.62. The fourth-order valence-corrected chi connectivity index (χ4v) is 3.28. The zero-order valence-corrected chi connectivity index (χ0v) is 15.2. The van der Waals surface area contributed by atoms with E-state index in [1.807, 2.05) is 37.4 Å². The van der Waals surface area contributed by atoms with Crippen molar-refractivity contribution in [3.05, 3.63) is 65.2 Å². The number of benzene rings is 2. The van der Waals surface area contributed by atoms with E-state index in [9.17, 15) is 4.79 Å². The third kappa shape index (κ3) is 4.20. The van der Waals surface area contributed by atoms with Crippen LogP contribution in [0.2, 0.25) is 0 Å². The molecule has 0 N–H and O–H groups in total. The molecule has 2 aromatic carbocycles. The number of rotatable bonds is 5. The minimum atomic E-state index is -0.388. The Morgan fingerprint density at radius 1 is 1.00 bits per heavy atom. The molecule has 0 saturated carbocycles. The van der Waals surface area contributed by atoms with Crippen molar-refractivity contribution in [1.29, 1.82) is 0 Å². The van der Waals surface area contributed by atoms with Gasteiger partial charge in [0, 0.05) is 20.1 Å². The summed E-state index contributed by atoms with van der Waals surface area (Å²) in [5.41, 5.74) is 3.62. The van der Waals surface area contributed by atoms with Gasteiger partial charge in [0.05, 0.1) is 0 Å². The van der Waals surface area contributed by atoms with Crippen LogP contribution < -0.4 is 4.74 Å². The molecule has 132 valence electrons. The van der Waals surface area contributed by atoms with Crippen LogP contribution in [0.15, 0.2) is 48.5 Å². The standard InChI is InChI=1S/C21H26N2O2/c1-22(2)14-17-9-4-5-10-18(17)15-23(3)21(24)20-13-12-16-8-6-7-11-19(16)25-20/h4-11,20H,12-15H2,1-3H3. The van der Waals surface area contributed by atoms with Gasteiger partial charge in [-0.25, -0.2) is 0 Å². The minimum Gasteiger partial charge on any atom is -0.480 e. The zero-order chi connectivity index (χ0) is 17.8. The van der Waals surface area contributed by atoms with E-state index in [2.05, 4.69) is 37.2 Å². The third-order valence-electron chi connectivity index (χ3n) is 4.58. The Bertz CT molecular complexity index is 742. The molecule has 25 heavy (non-hydrogen) atoms. The Morgan fingerprint density at radius 3 is 2.36 bits per heavy atom. The summed E-state index contributed by atoms with van der Waals surface area (Å²) in [6.07, 6.45) is 1.23. The zero-order valence-electron chi connectivity index (χ0n) is 15.2. The smallest absolute Gasteiger partial charge is 0.263 e. The molecular formula is C21H26N2O2. The molecule has 2 aromatic rings. The number of aryl methyl sites for hydroxylation is 1.